The van der Waals surface area contributed by atoms with Crippen molar-refractivity contribution in [1.82, 2.24) is 0 Å². The molecule has 3 aromatic rings. The average Bonchev–Trinajstić information content (AvgIpc) is 2.38. The number of halogens is 2. The fourth-order valence-electron chi connectivity index (χ4n) is 1.95. The first-order chi connectivity index (χ1) is 9.15. The summed E-state index contributed by atoms with van der Waals surface area (Å²) in [6, 6.07) is 11.8. The molecule has 2 nitrogen and oxygen atoms in total. The van der Waals surface area contributed by atoms with E-state index in [2.05, 4.69) is 0 Å². The second-order valence-corrected chi connectivity index (χ2v) is 4.10. The highest BCUT2D eigenvalue weighted by molar-refractivity contribution is 5.79. The third-order valence-electron chi connectivity index (χ3n) is 2.81. The molecule has 0 aliphatic heterocycles. The molecule has 0 bridgehead atoms. The third-order valence-corrected chi connectivity index (χ3v) is 2.81. The predicted molar refractivity (Wildman–Crippen MR) is 67.8 cm³/mol. The van der Waals surface area contributed by atoms with Gasteiger partial charge >= 0.3 is 0 Å². The molecule has 94 valence electrons. The number of fused-ring (bicyclic) bond motifs is 1. The second-order valence-electron chi connectivity index (χ2n) is 4.10. The van der Waals surface area contributed by atoms with E-state index in [0.717, 1.165) is 6.07 Å². The van der Waals surface area contributed by atoms with Gasteiger partial charge in [-0.2, -0.15) is 0 Å². The molecular formula is C15H8F2O2. The van der Waals surface area contributed by atoms with Crippen molar-refractivity contribution < 1.29 is 13.2 Å². The highest BCUT2D eigenvalue weighted by atomic mass is 19.1. The van der Waals surface area contributed by atoms with E-state index in [9.17, 15) is 13.6 Å². The Morgan fingerprint density at radius 3 is 2.42 bits per heavy atom. The van der Waals surface area contributed by atoms with Crippen molar-refractivity contribution in [3.05, 3.63) is 70.4 Å². The summed E-state index contributed by atoms with van der Waals surface area (Å²) in [6.45, 7) is 0. The highest BCUT2D eigenvalue weighted by Gasteiger charge is 2.12. The summed E-state index contributed by atoms with van der Waals surface area (Å²) >= 11 is 0. The summed E-state index contributed by atoms with van der Waals surface area (Å²) in [5.74, 6) is -1.41. The lowest BCUT2D eigenvalue weighted by molar-refractivity contribution is 0.571. The first-order valence-electron chi connectivity index (χ1n) is 5.63. The van der Waals surface area contributed by atoms with Crippen LogP contribution >= 0.6 is 0 Å². The molecule has 1 heterocycles. The highest BCUT2D eigenvalue weighted by Crippen LogP contribution is 2.23. The van der Waals surface area contributed by atoms with Crippen LogP contribution in [0.1, 0.15) is 0 Å². The molecule has 19 heavy (non-hydrogen) atoms. The Hall–Kier alpha value is -2.49. The van der Waals surface area contributed by atoms with Gasteiger partial charge < -0.3 is 4.42 Å². The van der Waals surface area contributed by atoms with Gasteiger partial charge in [0.15, 0.2) is 5.43 Å². The van der Waals surface area contributed by atoms with E-state index >= 15 is 0 Å². The van der Waals surface area contributed by atoms with Crippen molar-refractivity contribution in [3.8, 4) is 11.3 Å². The number of hydrogen-bond donors (Lipinski definition) is 0. The molecule has 0 N–H and O–H groups in total. The molecule has 1 aromatic heterocycles. The molecule has 4 heteroatoms. The smallest absolute Gasteiger partial charge is 0.196 e. The normalized spacial score (nSPS) is 10.8. The van der Waals surface area contributed by atoms with Gasteiger partial charge in [0.1, 0.15) is 28.4 Å². The summed E-state index contributed by atoms with van der Waals surface area (Å²) < 4.78 is 32.1. The van der Waals surface area contributed by atoms with Crippen LogP contribution in [0.2, 0.25) is 0 Å². The maximum absolute atomic E-state index is 13.5. The quantitative estimate of drug-likeness (QED) is 0.665. The average molecular weight is 258 g/mol. The summed E-state index contributed by atoms with van der Waals surface area (Å²) in [4.78, 5) is 11.9. The number of hydrogen-bond acceptors (Lipinski definition) is 2. The van der Waals surface area contributed by atoms with E-state index in [0.29, 0.717) is 11.6 Å². The molecule has 0 radical (unpaired) electrons. The van der Waals surface area contributed by atoms with E-state index in [4.69, 9.17) is 4.42 Å². The second kappa shape index (κ2) is 4.31. The molecule has 0 amide bonds. The van der Waals surface area contributed by atoms with E-state index in [1.165, 1.54) is 6.07 Å². The van der Waals surface area contributed by atoms with E-state index in [1.807, 2.05) is 6.07 Å². The zero-order valence-corrected chi connectivity index (χ0v) is 9.69. The van der Waals surface area contributed by atoms with Crippen molar-refractivity contribution in [3.63, 3.8) is 0 Å². The lowest BCUT2D eigenvalue weighted by atomic mass is 10.1. The van der Waals surface area contributed by atoms with Gasteiger partial charge in [0.2, 0.25) is 0 Å². The van der Waals surface area contributed by atoms with Crippen molar-refractivity contribution in [1.29, 1.82) is 0 Å². The fourth-order valence-corrected chi connectivity index (χ4v) is 1.95. The first-order valence-corrected chi connectivity index (χ1v) is 5.63. The predicted octanol–water partition coefficient (Wildman–Crippen LogP) is 3.74. The summed E-state index contributed by atoms with van der Waals surface area (Å²) in [5.41, 5.74) is 0.0487. The first kappa shape index (κ1) is 11.6. The molecule has 0 atom stereocenters. The maximum Gasteiger partial charge on any atom is 0.196 e. The molecule has 0 saturated heterocycles. The van der Waals surface area contributed by atoms with Crippen molar-refractivity contribution >= 4 is 11.0 Å². The Kier molecular flexibility index (Phi) is 2.63. The Bertz CT molecular complexity index is 807. The molecule has 0 unspecified atom stereocenters. The molecule has 0 spiro atoms. The number of rotatable bonds is 1. The molecule has 0 aliphatic rings. The maximum atomic E-state index is 13.5. The molecule has 2 aromatic carbocycles. The van der Waals surface area contributed by atoms with Crippen molar-refractivity contribution in [2.75, 3.05) is 0 Å². The minimum Gasteiger partial charge on any atom is -0.456 e. The van der Waals surface area contributed by atoms with Crippen LogP contribution in [0.5, 0.6) is 0 Å². The van der Waals surface area contributed by atoms with Gasteiger partial charge in [-0.15, -0.1) is 0 Å². The third kappa shape index (κ3) is 2.01. The van der Waals surface area contributed by atoms with Crippen LogP contribution in [0.3, 0.4) is 0 Å². The van der Waals surface area contributed by atoms with E-state index in [1.54, 1.807) is 24.3 Å². The van der Waals surface area contributed by atoms with Crippen LogP contribution in [-0.4, -0.2) is 0 Å². The van der Waals surface area contributed by atoms with Crippen LogP contribution in [0.25, 0.3) is 22.3 Å². The molecule has 0 fully saturated rings. The zero-order valence-electron chi connectivity index (χ0n) is 9.69. The summed E-state index contributed by atoms with van der Waals surface area (Å²) in [6.07, 6.45) is 0. The SMILES string of the molecule is O=c1cc(-c2ccccc2)oc2cc(F)cc(F)c12. The van der Waals surface area contributed by atoms with Crippen LogP contribution < -0.4 is 5.43 Å². The summed E-state index contributed by atoms with van der Waals surface area (Å²) in [5, 5.41) is -0.235. The van der Waals surface area contributed by atoms with Gasteiger partial charge in [0, 0.05) is 23.8 Å². The van der Waals surface area contributed by atoms with Gasteiger partial charge in [-0.25, -0.2) is 8.78 Å². The zero-order chi connectivity index (χ0) is 13.4. The van der Waals surface area contributed by atoms with Gasteiger partial charge in [-0.3, -0.25) is 4.79 Å². The van der Waals surface area contributed by atoms with Crippen molar-refractivity contribution in [2.24, 2.45) is 0 Å². The Morgan fingerprint density at radius 1 is 0.947 bits per heavy atom. The van der Waals surface area contributed by atoms with Crippen LogP contribution in [0.15, 0.2) is 57.7 Å². The fraction of sp³-hybridized carbons (Fsp3) is 0. The summed E-state index contributed by atoms with van der Waals surface area (Å²) in [7, 11) is 0. The Morgan fingerprint density at radius 2 is 1.68 bits per heavy atom. The Balaban J connectivity index is 2.34. The van der Waals surface area contributed by atoms with Gasteiger partial charge in [0.05, 0.1) is 0 Å². The lowest BCUT2D eigenvalue weighted by Gasteiger charge is -2.03. The monoisotopic (exact) mass is 258 g/mol. The van der Waals surface area contributed by atoms with Gasteiger partial charge in [0.25, 0.3) is 0 Å². The van der Waals surface area contributed by atoms with Crippen LogP contribution in [-0.2, 0) is 0 Å². The molecular weight excluding hydrogens is 250 g/mol. The molecule has 0 aliphatic carbocycles. The number of benzene rings is 2. The van der Waals surface area contributed by atoms with E-state index < -0.39 is 17.1 Å². The van der Waals surface area contributed by atoms with Crippen LogP contribution in [0.4, 0.5) is 8.78 Å². The molecule has 3 rings (SSSR count). The van der Waals surface area contributed by atoms with Crippen molar-refractivity contribution in [2.45, 2.75) is 0 Å². The lowest BCUT2D eigenvalue weighted by Crippen LogP contribution is -2.03. The van der Waals surface area contributed by atoms with Gasteiger partial charge in [-0.1, -0.05) is 30.3 Å². The largest absolute Gasteiger partial charge is 0.456 e. The molecule has 0 saturated carbocycles. The standard InChI is InChI=1S/C15H8F2O2/c16-10-6-11(17)15-12(18)8-13(19-14(15)7-10)9-4-2-1-3-5-9/h1-8H. The minimum atomic E-state index is -0.914. The van der Waals surface area contributed by atoms with Gasteiger partial charge in [-0.05, 0) is 0 Å². The Labute approximate surface area is 106 Å². The van der Waals surface area contributed by atoms with E-state index in [-0.39, 0.29) is 16.7 Å². The minimum absolute atomic E-state index is 0.0937. The van der Waals surface area contributed by atoms with Crippen LogP contribution in [0, 0.1) is 11.6 Å². The topological polar surface area (TPSA) is 30.2 Å².